The predicted molar refractivity (Wildman–Crippen MR) is 42.9 cm³/mol. The molecule has 52 valence electrons. The zero-order chi connectivity index (χ0) is 7.56. The van der Waals surface area contributed by atoms with Gasteiger partial charge in [-0.05, 0) is 18.6 Å². The summed E-state index contributed by atoms with van der Waals surface area (Å²) in [5, 5.41) is 5.63. The van der Waals surface area contributed by atoms with Crippen LogP contribution in [-0.2, 0) is 0 Å². The first-order chi connectivity index (χ1) is 4.72. The molecule has 1 nitrogen and oxygen atoms in total. The van der Waals surface area contributed by atoms with Crippen molar-refractivity contribution < 1.29 is 5.41 Å². The molecular formula is C9H12N+. The quantitative estimate of drug-likeness (QED) is 0.543. The normalized spacial score (nSPS) is 9.40. The third-order valence-corrected chi connectivity index (χ3v) is 1.57. The van der Waals surface area contributed by atoms with Crippen molar-refractivity contribution in [2.45, 2.75) is 13.8 Å². The van der Waals surface area contributed by atoms with Crippen LogP contribution in [-0.4, -0.2) is 5.71 Å². The van der Waals surface area contributed by atoms with Crippen molar-refractivity contribution in [2.24, 2.45) is 0 Å². The Balaban J connectivity index is 3.15. The van der Waals surface area contributed by atoms with E-state index < -0.39 is 0 Å². The molecule has 1 aromatic carbocycles. The molecule has 0 atom stereocenters. The van der Waals surface area contributed by atoms with Crippen molar-refractivity contribution in [3.05, 3.63) is 35.4 Å². The topological polar surface area (TPSA) is 25.6 Å². The molecule has 1 rings (SSSR count). The van der Waals surface area contributed by atoms with Crippen LogP contribution in [0.1, 0.15) is 18.1 Å². The average molecular weight is 134 g/mol. The van der Waals surface area contributed by atoms with Crippen LogP contribution in [0.15, 0.2) is 24.3 Å². The predicted octanol–water partition coefficient (Wildman–Crippen LogP) is 0.563. The van der Waals surface area contributed by atoms with E-state index in [4.69, 9.17) is 5.41 Å². The summed E-state index contributed by atoms with van der Waals surface area (Å²) in [7, 11) is 0. The van der Waals surface area contributed by atoms with Gasteiger partial charge >= 0.3 is 0 Å². The number of nitrogens with two attached hydrogens (primary N) is 1. The van der Waals surface area contributed by atoms with Gasteiger partial charge < -0.3 is 0 Å². The van der Waals surface area contributed by atoms with Crippen molar-refractivity contribution in [1.82, 2.24) is 0 Å². The van der Waals surface area contributed by atoms with E-state index in [-0.39, 0.29) is 0 Å². The molecule has 10 heavy (non-hydrogen) atoms. The monoisotopic (exact) mass is 134 g/mol. The van der Waals surface area contributed by atoms with Crippen molar-refractivity contribution in [1.29, 1.82) is 0 Å². The smallest absolute Gasteiger partial charge is 0.177 e. The molecule has 0 aromatic heterocycles. The summed E-state index contributed by atoms with van der Waals surface area (Å²) < 4.78 is 0. The van der Waals surface area contributed by atoms with Crippen molar-refractivity contribution in [3.63, 3.8) is 0 Å². The Morgan fingerprint density at radius 3 is 2.30 bits per heavy atom. The van der Waals surface area contributed by atoms with Gasteiger partial charge in [-0.1, -0.05) is 18.2 Å². The lowest BCUT2D eigenvalue weighted by Gasteiger charge is -1.96. The maximum atomic E-state index is 5.63. The van der Waals surface area contributed by atoms with Crippen molar-refractivity contribution in [3.8, 4) is 0 Å². The minimum absolute atomic E-state index is 0.887. The van der Waals surface area contributed by atoms with Crippen LogP contribution < -0.4 is 5.41 Å². The standard InChI is InChI=1S/C9H11N/c1-7-5-3-4-6-9(7)8(2)10/h3-6,10H,1-2H3/p+1. The minimum Gasteiger partial charge on any atom is -0.258 e. The van der Waals surface area contributed by atoms with Gasteiger partial charge in [0.25, 0.3) is 0 Å². The molecule has 0 saturated heterocycles. The zero-order valence-corrected chi connectivity index (χ0v) is 6.39. The Hall–Kier alpha value is -1.11. The summed E-state index contributed by atoms with van der Waals surface area (Å²) in [4.78, 5) is 0. The summed E-state index contributed by atoms with van der Waals surface area (Å²) in [6, 6.07) is 8.11. The number of rotatable bonds is 1. The SMILES string of the molecule is CC(=[NH2+])c1ccccc1C. The fourth-order valence-electron chi connectivity index (χ4n) is 1.02. The van der Waals surface area contributed by atoms with E-state index in [1.165, 1.54) is 5.56 Å². The lowest BCUT2D eigenvalue weighted by atomic mass is 10.1. The first-order valence-corrected chi connectivity index (χ1v) is 3.37. The Kier molecular flexibility index (Phi) is 1.86. The van der Waals surface area contributed by atoms with Gasteiger partial charge in [-0.15, -0.1) is 0 Å². The molecule has 0 aliphatic heterocycles. The molecule has 0 aliphatic carbocycles. The van der Waals surface area contributed by atoms with Crippen LogP contribution in [0.25, 0.3) is 0 Å². The maximum absolute atomic E-state index is 5.63. The molecule has 0 saturated carbocycles. The molecule has 1 heteroatoms. The first kappa shape index (κ1) is 7.00. The van der Waals surface area contributed by atoms with E-state index in [0.717, 1.165) is 11.3 Å². The Morgan fingerprint density at radius 2 is 1.90 bits per heavy atom. The van der Waals surface area contributed by atoms with Crippen LogP contribution in [0.3, 0.4) is 0 Å². The molecule has 0 bridgehead atoms. The molecule has 0 spiro atoms. The summed E-state index contributed by atoms with van der Waals surface area (Å²) >= 11 is 0. The van der Waals surface area contributed by atoms with Crippen LogP contribution >= 0.6 is 0 Å². The van der Waals surface area contributed by atoms with Gasteiger partial charge in [0.2, 0.25) is 0 Å². The average Bonchev–Trinajstić information content (AvgIpc) is 1.88. The third-order valence-electron chi connectivity index (χ3n) is 1.57. The van der Waals surface area contributed by atoms with E-state index in [9.17, 15) is 0 Å². The van der Waals surface area contributed by atoms with Crippen LogP contribution in [0.5, 0.6) is 0 Å². The fourth-order valence-corrected chi connectivity index (χ4v) is 1.02. The molecule has 0 radical (unpaired) electrons. The van der Waals surface area contributed by atoms with Gasteiger partial charge in [0.1, 0.15) is 0 Å². The highest BCUT2D eigenvalue weighted by Crippen LogP contribution is 2.05. The van der Waals surface area contributed by atoms with Crippen LogP contribution in [0.4, 0.5) is 0 Å². The minimum atomic E-state index is 0.887. The maximum Gasteiger partial charge on any atom is 0.177 e. The molecule has 0 unspecified atom stereocenters. The lowest BCUT2D eigenvalue weighted by molar-refractivity contribution is -0.113. The van der Waals surface area contributed by atoms with Crippen molar-refractivity contribution >= 4 is 5.71 Å². The Morgan fingerprint density at radius 1 is 1.30 bits per heavy atom. The van der Waals surface area contributed by atoms with Gasteiger partial charge in [0, 0.05) is 12.5 Å². The number of aryl methyl sites for hydroxylation is 1. The van der Waals surface area contributed by atoms with Gasteiger partial charge in [-0.2, -0.15) is 0 Å². The van der Waals surface area contributed by atoms with E-state index in [1.807, 2.05) is 25.1 Å². The summed E-state index contributed by atoms with van der Waals surface area (Å²) in [6.07, 6.45) is 0. The molecule has 0 fully saturated rings. The van der Waals surface area contributed by atoms with Gasteiger partial charge in [0.05, 0.1) is 0 Å². The summed E-state index contributed by atoms with van der Waals surface area (Å²) in [6.45, 7) is 3.98. The molecule has 0 aliphatic rings. The highest BCUT2D eigenvalue weighted by Gasteiger charge is 2.00. The second-order valence-electron chi connectivity index (χ2n) is 2.50. The second-order valence-corrected chi connectivity index (χ2v) is 2.50. The highest BCUT2D eigenvalue weighted by atomic mass is 14.4. The largest absolute Gasteiger partial charge is 0.258 e. The van der Waals surface area contributed by atoms with Gasteiger partial charge in [-0.3, -0.25) is 5.41 Å². The second kappa shape index (κ2) is 2.65. The zero-order valence-electron chi connectivity index (χ0n) is 6.39. The molecule has 0 amide bonds. The van der Waals surface area contributed by atoms with E-state index in [0.29, 0.717) is 0 Å². The third kappa shape index (κ3) is 1.24. The molecular weight excluding hydrogens is 122 g/mol. The Bertz CT molecular complexity index is 251. The fraction of sp³-hybridized carbons (Fsp3) is 0.222. The summed E-state index contributed by atoms with van der Waals surface area (Å²) in [5.74, 6) is 0. The number of hydrogen-bond acceptors (Lipinski definition) is 0. The van der Waals surface area contributed by atoms with E-state index in [2.05, 4.69) is 13.0 Å². The number of hydrogen-bond donors (Lipinski definition) is 1. The van der Waals surface area contributed by atoms with E-state index >= 15 is 0 Å². The van der Waals surface area contributed by atoms with E-state index in [1.54, 1.807) is 0 Å². The molecule has 1 aromatic rings. The Labute approximate surface area is 61.2 Å². The first-order valence-electron chi connectivity index (χ1n) is 3.37. The highest BCUT2D eigenvalue weighted by molar-refractivity contribution is 5.95. The molecule has 2 N–H and O–H groups in total. The van der Waals surface area contributed by atoms with Gasteiger partial charge in [0.15, 0.2) is 5.71 Å². The van der Waals surface area contributed by atoms with Gasteiger partial charge in [-0.25, -0.2) is 0 Å². The number of benzene rings is 1. The van der Waals surface area contributed by atoms with Crippen LogP contribution in [0, 0.1) is 6.92 Å². The molecule has 0 heterocycles. The van der Waals surface area contributed by atoms with Crippen LogP contribution in [0.2, 0.25) is 0 Å². The van der Waals surface area contributed by atoms with Crippen molar-refractivity contribution in [2.75, 3.05) is 0 Å². The lowest BCUT2D eigenvalue weighted by Crippen LogP contribution is -2.38. The summed E-state index contributed by atoms with van der Waals surface area (Å²) in [5.41, 5.74) is 3.28.